The number of hydrogen-bond acceptors (Lipinski definition) is 6. The zero-order chi connectivity index (χ0) is 29.0. The number of carbonyl (C=O) groups excluding carboxylic acids is 1. The van der Waals surface area contributed by atoms with E-state index in [-0.39, 0.29) is 34.5 Å². The summed E-state index contributed by atoms with van der Waals surface area (Å²) in [6.45, 7) is 6.59. The Balaban J connectivity index is 1.76. The van der Waals surface area contributed by atoms with Gasteiger partial charge in [0, 0.05) is 48.4 Å². The van der Waals surface area contributed by atoms with E-state index in [4.69, 9.17) is 4.74 Å². The Kier molecular flexibility index (Phi) is 8.33. The van der Waals surface area contributed by atoms with Crippen LogP contribution >= 0.6 is 0 Å². The third-order valence-corrected chi connectivity index (χ3v) is 6.45. The third-order valence-electron chi connectivity index (χ3n) is 6.45. The molecule has 0 unspecified atom stereocenters. The summed E-state index contributed by atoms with van der Waals surface area (Å²) in [7, 11) is 3.01. The summed E-state index contributed by atoms with van der Waals surface area (Å²) in [5.41, 5.74) is 3.61. The highest BCUT2D eigenvalue weighted by Crippen LogP contribution is 2.32. The Bertz CT molecular complexity index is 1610. The smallest absolute Gasteiger partial charge is 0.339 e. The maximum atomic E-state index is 13.6. The molecule has 0 radical (unpaired) electrons. The highest BCUT2D eigenvalue weighted by molar-refractivity contribution is 6.07. The first-order valence-electron chi connectivity index (χ1n) is 12.8. The van der Waals surface area contributed by atoms with Crippen LogP contribution in [0.4, 0.5) is 17.2 Å². The number of amides is 1. The van der Waals surface area contributed by atoms with Gasteiger partial charge in [0.2, 0.25) is 0 Å². The average molecular weight is 541 g/mol. The summed E-state index contributed by atoms with van der Waals surface area (Å²) in [5.74, 6) is -0.764. The van der Waals surface area contributed by atoms with Crippen molar-refractivity contribution in [3.63, 3.8) is 0 Å². The van der Waals surface area contributed by atoms with Gasteiger partial charge in [-0.1, -0.05) is 44.2 Å². The van der Waals surface area contributed by atoms with E-state index in [1.165, 1.54) is 23.8 Å². The number of hydrogen-bond donors (Lipinski definition) is 2. The Hall–Kier alpha value is -4.92. The van der Waals surface area contributed by atoms with Gasteiger partial charge in [-0.3, -0.25) is 9.59 Å². The third kappa shape index (κ3) is 5.88. The van der Waals surface area contributed by atoms with Crippen molar-refractivity contribution in [3.05, 3.63) is 100.0 Å². The van der Waals surface area contributed by atoms with Crippen LogP contribution < -0.4 is 20.5 Å². The number of carboxylic acid groups (broad SMARTS) is 1. The highest BCUT2D eigenvalue weighted by Gasteiger charge is 2.22. The predicted molar refractivity (Wildman–Crippen MR) is 156 cm³/mol. The van der Waals surface area contributed by atoms with Crippen molar-refractivity contribution in [2.24, 2.45) is 13.0 Å². The van der Waals surface area contributed by atoms with Crippen LogP contribution in [0.2, 0.25) is 0 Å². The van der Waals surface area contributed by atoms with Gasteiger partial charge in [0.1, 0.15) is 11.3 Å². The Morgan fingerprint density at radius 2 is 1.80 bits per heavy atom. The number of aromatic carboxylic acids is 1. The van der Waals surface area contributed by atoms with Gasteiger partial charge in [0.15, 0.2) is 5.82 Å². The molecule has 0 aliphatic heterocycles. The Morgan fingerprint density at radius 1 is 1.07 bits per heavy atom. The van der Waals surface area contributed by atoms with E-state index in [1.807, 2.05) is 43.3 Å². The van der Waals surface area contributed by atoms with Crippen LogP contribution in [-0.4, -0.2) is 40.2 Å². The Labute approximate surface area is 232 Å². The minimum Gasteiger partial charge on any atom is -0.496 e. The summed E-state index contributed by atoms with van der Waals surface area (Å²) < 4.78 is 6.64. The molecule has 206 valence electrons. The van der Waals surface area contributed by atoms with Crippen LogP contribution in [0.25, 0.3) is 11.3 Å². The van der Waals surface area contributed by atoms with Gasteiger partial charge in [-0.25, -0.2) is 9.78 Å². The fourth-order valence-corrected chi connectivity index (χ4v) is 4.49. The molecule has 3 aromatic carbocycles. The fourth-order valence-electron chi connectivity index (χ4n) is 4.49. The van der Waals surface area contributed by atoms with Crippen molar-refractivity contribution < 1.29 is 19.4 Å². The van der Waals surface area contributed by atoms with Gasteiger partial charge >= 0.3 is 5.97 Å². The second kappa shape index (κ2) is 11.9. The number of methoxy groups -OCH3 is 1. The van der Waals surface area contributed by atoms with Gasteiger partial charge in [0.25, 0.3) is 11.5 Å². The summed E-state index contributed by atoms with van der Waals surface area (Å²) >= 11 is 0. The average Bonchev–Trinajstić information content (AvgIpc) is 2.94. The molecule has 9 heteroatoms. The highest BCUT2D eigenvalue weighted by atomic mass is 16.5. The molecule has 2 N–H and O–H groups in total. The number of ether oxygens (including phenoxy) is 1. The summed E-state index contributed by atoms with van der Waals surface area (Å²) in [4.78, 5) is 44.4. The molecule has 0 atom stereocenters. The lowest BCUT2D eigenvalue weighted by Crippen LogP contribution is -2.34. The quantitative estimate of drug-likeness (QED) is 0.288. The molecule has 0 spiro atoms. The van der Waals surface area contributed by atoms with Crippen LogP contribution in [0.3, 0.4) is 0 Å². The Morgan fingerprint density at radius 3 is 2.45 bits per heavy atom. The fraction of sp³-hybridized carbons (Fsp3) is 0.226. The lowest BCUT2D eigenvalue weighted by atomic mass is 10.0. The number of anilines is 3. The van der Waals surface area contributed by atoms with Crippen molar-refractivity contribution >= 4 is 29.1 Å². The molecule has 0 fully saturated rings. The van der Waals surface area contributed by atoms with Crippen molar-refractivity contribution in [3.8, 4) is 17.0 Å². The van der Waals surface area contributed by atoms with E-state index in [0.29, 0.717) is 23.5 Å². The van der Waals surface area contributed by atoms with Crippen LogP contribution in [-0.2, 0) is 7.05 Å². The van der Waals surface area contributed by atoms with E-state index < -0.39 is 5.97 Å². The van der Waals surface area contributed by atoms with Gasteiger partial charge in [-0.15, -0.1) is 0 Å². The molecular formula is C31H32N4O5. The van der Waals surface area contributed by atoms with E-state index in [2.05, 4.69) is 24.1 Å². The van der Waals surface area contributed by atoms with Crippen molar-refractivity contribution in [2.75, 3.05) is 23.9 Å². The molecule has 0 bridgehead atoms. The molecule has 40 heavy (non-hydrogen) atoms. The SMILES string of the molecule is COc1cc(Nc2nc(-c3cccc(N(CC(C)C)C(=O)c4ccccc4)c3C)cn(C)c2=O)ccc1C(=O)O. The predicted octanol–water partition coefficient (Wildman–Crippen LogP) is 5.51. The van der Waals surface area contributed by atoms with E-state index in [0.717, 1.165) is 16.8 Å². The van der Waals surface area contributed by atoms with Crippen molar-refractivity contribution in [2.45, 2.75) is 20.8 Å². The largest absolute Gasteiger partial charge is 0.496 e. The number of rotatable bonds is 9. The monoisotopic (exact) mass is 540 g/mol. The number of aromatic nitrogens is 2. The van der Waals surface area contributed by atoms with Crippen LogP contribution in [0.5, 0.6) is 5.75 Å². The molecular weight excluding hydrogens is 508 g/mol. The molecule has 9 nitrogen and oxygen atoms in total. The minimum atomic E-state index is -1.12. The minimum absolute atomic E-state index is 0.00565. The van der Waals surface area contributed by atoms with Gasteiger partial charge in [-0.05, 0) is 48.7 Å². The summed E-state index contributed by atoms with van der Waals surface area (Å²) in [5, 5.41) is 12.4. The molecule has 4 aromatic rings. The first-order chi connectivity index (χ1) is 19.1. The number of aryl methyl sites for hydroxylation is 1. The molecule has 1 heterocycles. The maximum absolute atomic E-state index is 13.6. The van der Waals surface area contributed by atoms with Gasteiger partial charge < -0.3 is 24.6 Å². The lowest BCUT2D eigenvalue weighted by molar-refractivity contribution is 0.0693. The number of carboxylic acids is 1. The van der Waals surface area contributed by atoms with E-state index >= 15 is 0 Å². The molecule has 0 aliphatic carbocycles. The summed E-state index contributed by atoms with van der Waals surface area (Å²) in [6.07, 6.45) is 1.65. The zero-order valence-corrected chi connectivity index (χ0v) is 23.1. The van der Waals surface area contributed by atoms with Crippen molar-refractivity contribution in [1.29, 1.82) is 0 Å². The van der Waals surface area contributed by atoms with Crippen LogP contribution in [0.15, 0.2) is 77.7 Å². The first kappa shape index (κ1) is 28.1. The molecule has 1 amide bonds. The van der Waals surface area contributed by atoms with Gasteiger partial charge in [0.05, 0.1) is 12.8 Å². The molecule has 0 saturated heterocycles. The van der Waals surface area contributed by atoms with E-state index in [9.17, 15) is 19.5 Å². The normalized spacial score (nSPS) is 10.8. The van der Waals surface area contributed by atoms with Crippen LogP contribution in [0.1, 0.15) is 40.1 Å². The first-order valence-corrected chi connectivity index (χ1v) is 12.8. The van der Waals surface area contributed by atoms with E-state index in [1.54, 1.807) is 36.3 Å². The molecule has 0 aliphatic rings. The number of nitrogens with one attached hydrogen (secondary N) is 1. The number of nitrogens with zero attached hydrogens (tertiary/aromatic N) is 3. The standard InChI is InChI=1S/C31H32N4O5/c1-19(2)17-35(29(36)21-10-7-6-8-11-21)26-13-9-12-23(20(26)3)25-18-34(4)30(37)28(33-25)32-22-14-15-24(31(38)39)27(16-22)40-5/h6-16,18-19H,17H2,1-5H3,(H,32,33)(H,38,39). The second-order valence-corrected chi connectivity index (χ2v) is 9.86. The number of benzene rings is 3. The van der Waals surface area contributed by atoms with Gasteiger partial charge in [-0.2, -0.15) is 0 Å². The number of carbonyl (C=O) groups is 2. The zero-order valence-electron chi connectivity index (χ0n) is 23.1. The summed E-state index contributed by atoms with van der Waals surface area (Å²) in [6, 6.07) is 19.3. The second-order valence-electron chi connectivity index (χ2n) is 9.86. The molecule has 0 saturated carbocycles. The molecule has 4 rings (SSSR count). The van der Waals surface area contributed by atoms with Crippen LogP contribution in [0, 0.1) is 12.8 Å². The molecule has 1 aromatic heterocycles. The lowest BCUT2D eigenvalue weighted by Gasteiger charge is -2.27. The van der Waals surface area contributed by atoms with Crippen molar-refractivity contribution in [1.82, 2.24) is 9.55 Å². The topological polar surface area (TPSA) is 114 Å². The maximum Gasteiger partial charge on any atom is 0.339 e.